The summed E-state index contributed by atoms with van der Waals surface area (Å²) in [6.07, 6.45) is 1.56. The lowest BCUT2D eigenvalue weighted by atomic mass is 10.0. The van der Waals surface area contributed by atoms with Crippen molar-refractivity contribution in [1.29, 1.82) is 0 Å². The number of aliphatic hydroxyl groups is 1. The SMILES string of the molecule is CC(C)(C)N1CCN(c2nccc(CO)c2F)CC1. The second-order valence-corrected chi connectivity index (χ2v) is 5.91. The molecule has 0 radical (unpaired) electrons. The number of anilines is 1. The highest BCUT2D eigenvalue weighted by Crippen LogP contribution is 2.23. The molecule has 1 aliphatic rings. The van der Waals surface area contributed by atoms with Crippen LogP contribution >= 0.6 is 0 Å². The number of aromatic nitrogens is 1. The van der Waals surface area contributed by atoms with E-state index in [0.29, 0.717) is 11.4 Å². The van der Waals surface area contributed by atoms with Gasteiger partial charge in [0.25, 0.3) is 0 Å². The Labute approximate surface area is 113 Å². The zero-order valence-corrected chi connectivity index (χ0v) is 11.9. The van der Waals surface area contributed by atoms with Crippen LogP contribution in [-0.4, -0.2) is 46.7 Å². The first-order valence-electron chi connectivity index (χ1n) is 6.67. The molecule has 2 heterocycles. The van der Waals surface area contributed by atoms with E-state index in [9.17, 15) is 4.39 Å². The molecule has 106 valence electrons. The molecule has 4 nitrogen and oxygen atoms in total. The Morgan fingerprint density at radius 1 is 1.26 bits per heavy atom. The van der Waals surface area contributed by atoms with E-state index in [4.69, 9.17) is 5.11 Å². The maximum atomic E-state index is 14.1. The monoisotopic (exact) mass is 267 g/mol. The van der Waals surface area contributed by atoms with Crippen LogP contribution in [0.15, 0.2) is 12.3 Å². The van der Waals surface area contributed by atoms with Crippen LogP contribution < -0.4 is 4.90 Å². The van der Waals surface area contributed by atoms with E-state index < -0.39 is 5.82 Å². The van der Waals surface area contributed by atoms with Crippen molar-refractivity contribution in [3.63, 3.8) is 0 Å². The van der Waals surface area contributed by atoms with Gasteiger partial charge in [-0.3, -0.25) is 4.90 Å². The Balaban J connectivity index is 2.10. The lowest BCUT2D eigenvalue weighted by molar-refractivity contribution is 0.128. The third-order valence-electron chi connectivity index (χ3n) is 3.65. The number of halogens is 1. The minimum Gasteiger partial charge on any atom is -0.392 e. The fraction of sp³-hybridized carbons (Fsp3) is 0.643. The molecule has 0 aliphatic carbocycles. The van der Waals surface area contributed by atoms with Crippen LogP contribution in [-0.2, 0) is 6.61 Å². The number of nitrogens with zero attached hydrogens (tertiary/aromatic N) is 3. The first kappa shape index (κ1) is 14.2. The molecule has 1 fully saturated rings. The zero-order chi connectivity index (χ0) is 14.0. The number of hydrogen-bond acceptors (Lipinski definition) is 4. The number of aliphatic hydroxyl groups excluding tert-OH is 1. The number of pyridine rings is 1. The van der Waals surface area contributed by atoms with Crippen molar-refractivity contribution in [2.45, 2.75) is 32.9 Å². The highest BCUT2D eigenvalue weighted by Gasteiger charge is 2.27. The highest BCUT2D eigenvalue weighted by molar-refractivity contribution is 5.43. The molecule has 0 bridgehead atoms. The Bertz CT molecular complexity index is 437. The molecule has 1 aromatic rings. The van der Waals surface area contributed by atoms with Gasteiger partial charge < -0.3 is 10.0 Å². The third-order valence-corrected chi connectivity index (χ3v) is 3.65. The minimum atomic E-state index is -0.394. The predicted molar refractivity (Wildman–Crippen MR) is 73.7 cm³/mol. The molecular weight excluding hydrogens is 245 g/mol. The van der Waals surface area contributed by atoms with Crippen LogP contribution in [0.1, 0.15) is 26.3 Å². The fourth-order valence-electron chi connectivity index (χ4n) is 2.40. The van der Waals surface area contributed by atoms with Gasteiger partial charge in [0.15, 0.2) is 11.6 Å². The molecule has 0 amide bonds. The summed E-state index contributed by atoms with van der Waals surface area (Å²) in [5.74, 6) is -0.0330. The predicted octanol–water partition coefficient (Wildman–Crippen LogP) is 1.63. The molecule has 2 rings (SSSR count). The molecular formula is C14H22FN3O. The molecule has 0 unspecified atom stereocenters. The average Bonchev–Trinajstić information content (AvgIpc) is 2.38. The van der Waals surface area contributed by atoms with Crippen LogP contribution in [0.2, 0.25) is 0 Å². The summed E-state index contributed by atoms with van der Waals surface area (Å²) in [7, 11) is 0. The van der Waals surface area contributed by atoms with Gasteiger partial charge in [0, 0.05) is 43.5 Å². The van der Waals surface area contributed by atoms with Crippen molar-refractivity contribution >= 4 is 5.82 Å². The van der Waals surface area contributed by atoms with Crippen LogP contribution in [0, 0.1) is 5.82 Å². The normalized spacial score (nSPS) is 17.8. The van der Waals surface area contributed by atoms with Gasteiger partial charge in [0.05, 0.1) is 6.61 Å². The van der Waals surface area contributed by atoms with Gasteiger partial charge in [-0.2, -0.15) is 0 Å². The van der Waals surface area contributed by atoms with E-state index in [0.717, 1.165) is 26.2 Å². The highest BCUT2D eigenvalue weighted by atomic mass is 19.1. The van der Waals surface area contributed by atoms with E-state index in [2.05, 4.69) is 30.7 Å². The average molecular weight is 267 g/mol. The second-order valence-electron chi connectivity index (χ2n) is 5.91. The van der Waals surface area contributed by atoms with Crippen LogP contribution in [0.3, 0.4) is 0 Å². The van der Waals surface area contributed by atoms with Crippen molar-refractivity contribution in [2.24, 2.45) is 0 Å². The maximum absolute atomic E-state index is 14.1. The van der Waals surface area contributed by atoms with Gasteiger partial charge in [0.2, 0.25) is 0 Å². The van der Waals surface area contributed by atoms with E-state index >= 15 is 0 Å². The summed E-state index contributed by atoms with van der Waals surface area (Å²) < 4.78 is 14.1. The summed E-state index contributed by atoms with van der Waals surface area (Å²) in [5, 5.41) is 9.10. The molecule has 1 N–H and O–H groups in total. The summed E-state index contributed by atoms with van der Waals surface area (Å²) in [6.45, 7) is 9.59. The quantitative estimate of drug-likeness (QED) is 0.884. The molecule has 1 saturated heterocycles. The molecule has 0 atom stereocenters. The smallest absolute Gasteiger partial charge is 0.171 e. The number of hydrogen-bond donors (Lipinski definition) is 1. The van der Waals surface area contributed by atoms with Crippen LogP contribution in [0.5, 0.6) is 0 Å². The van der Waals surface area contributed by atoms with Gasteiger partial charge in [-0.15, -0.1) is 0 Å². The lowest BCUT2D eigenvalue weighted by Crippen LogP contribution is -2.53. The molecule has 0 spiro atoms. The zero-order valence-electron chi connectivity index (χ0n) is 11.9. The van der Waals surface area contributed by atoms with Gasteiger partial charge in [-0.1, -0.05) is 0 Å². The molecule has 1 aliphatic heterocycles. The second kappa shape index (κ2) is 5.43. The van der Waals surface area contributed by atoms with Crippen LogP contribution in [0.4, 0.5) is 10.2 Å². The Morgan fingerprint density at radius 3 is 2.42 bits per heavy atom. The standard InChI is InChI=1S/C14H22FN3O/c1-14(2,3)18-8-6-17(7-9-18)13-12(15)11(10-19)4-5-16-13/h4-5,19H,6-10H2,1-3H3. The largest absolute Gasteiger partial charge is 0.392 e. The van der Waals surface area contributed by atoms with Crippen molar-refractivity contribution in [3.8, 4) is 0 Å². The van der Waals surface area contributed by atoms with Crippen molar-refractivity contribution in [1.82, 2.24) is 9.88 Å². The van der Waals surface area contributed by atoms with Gasteiger partial charge in [-0.05, 0) is 26.8 Å². The third kappa shape index (κ3) is 3.04. The van der Waals surface area contributed by atoms with Gasteiger partial charge in [-0.25, -0.2) is 9.37 Å². The lowest BCUT2D eigenvalue weighted by Gasteiger charge is -2.42. The maximum Gasteiger partial charge on any atom is 0.171 e. The summed E-state index contributed by atoms with van der Waals surface area (Å²) in [5.41, 5.74) is 0.452. The van der Waals surface area contributed by atoms with Crippen molar-refractivity contribution in [2.75, 3.05) is 31.1 Å². The Kier molecular flexibility index (Phi) is 4.06. The van der Waals surface area contributed by atoms with E-state index in [1.54, 1.807) is 6.20 Å². The Hall–Kier alpha value is -1.20. The fourth-order valence-corrected chi connectivity index (χ4v) is 2.40. The van der Waals surface area contributed by atoms with Gasteiger partial charge >= 0.3 is 0 Å². The summed E-state index contributed by atoms with van der Waals surface area (Å²) in [6, 6.07) is 1.52. The molecule has 5 heteroatoms. The Morgan fingerprint density at radius 2 is 1.89 bits per heavy atom. The molecule has 0 aromatic carbocycles. The number of piperazine rings is 1. The summed E-state index contributed by atoms with van der Waals surface area (Å²) >= 11 is 0. The first-order valence-corrected chi connectivity index (χ1v) is 6.67. The van der Waals surface area contributed by atoms with Crippen LogP contribution in [0.25, 0.3) is 0 Å². The van der Waals surface area contributed by atoms with Crippen molar-refractivity contribution < 1.29 is 9.50 Å². The topological polar surface area (TPSA) is 39.6 Å². The van der Waals surface area contributed by atoms with E-state index in [1.165, 1.54) is 6.07 Å². The van der Waals surface area contributed by atoms with Gasteiger partial charge in [0.1, 0.15) is 0 Å². The molecule has 1 aromatic heterocycles. The van der Waals surface area contributed by atoms with E-state index in [-0.39, 0.29) is 12.1 Å². The van der Waals surface area contributed by atoms with E-state index in [1.807, 2.05) is 4.90 Å². The molecule has 19 heavy (non-hydrogen) atoms. The number of rotatable bonds is 2. The molecule has 0 saturated carbocycles. The van der Waals surface area contributed by atoms with Crippen molar-refractivity contribution in [3.05, 3.63) is 23.6 Å². The minimum absolute atomic E-state index is 0.144. The first-order chi connectivity index (χ1) is 8.93. The summed E-state index contributed by atoms with van der Waals surface area (Å²) in [4.78, 5) is 8.46.